The van der Waals surface area contributed by atoms with Crippen molar-refractivity contribution in [3.8, 4) is 5.13 Å². The minimum absolute atomic E-state index is 0.0919. The van der Waals surface area contributed by atoms with Gasteiger partial charge in [-0.15, -0.1) is 16.4 Å². The lowest BCUT2D eigenvalue weighted by Crippen LogP contribution is -1.92. The normalized spacial score (nSPS) is 10.4. The van der Waals surface area contributed by atoms with E-state index in [9.17, 15) is 0 Å². The van der Waals surface area contributed by atoms with Gasteiger partial charge in [0.25, 0.3) is 0 Å². The Morgan fingerprint density at radius 1 is 1.58 bits per heavy atom. The summed E-state index contributed by atoms with van der Waals surface area (Å²) in [6.45, 7) is -0.0919. The van der Waals surface area contributed by atoms with E-state index in [0.717, 1.165) is 5.13 Å². The summed E-state index contributed by atoms with van der Waals surface area (Å²) in [7, 11) is 0. The van der Waals surface area contributed by atoms with Gasteiger partial charge in [-0.05, 0) is 0 Å². The van der Waals surface area contributed by atoms with E-state index in [2.05, 4.69) is 15.3 Å². The first-order valence-corrected chi connectivity index (χ1v) is 4.20. The maximum absolute atomic E-state index is 8.72. The molecule has 0 aliphatic carbocycles. The number of nitrogens with zero attached hydrogens (tertiary/aromatic N) is 4. The van der Waals surface area contributed by atoms with Crippen molar-refractivity contribution in [3.63, 3.8) is 0 Å². The molecule has 0 atom stereocenters. The Balaban J connectivity index is 2.35. The molecule has 12 heavy (non-hydrogen) atoms. The molecule has 0 saturated heterocycles. The van der Waals surface area contributed by atoms with Crippen LogP contribution in [0.2, 0.25) is 0 Å². The molecule has 0 saturated carbocycles. The van der Waals surface area contributed by atoms with Crippen molar-refractivity contribution in [2.75, 3.05) is 0 Å². The number of thiazole rings is 1. The minimum Gasteiger partial charge on any atom is -0.390 e. The number of hydrogen-bond acceptors (Lipinski definition) is 5. The fraction of sp³-hybridized carbons (Fsp3) is 0.167. The third-order valence-corrected chi connectivity index (χ3v) is 2.08. The molecular formula is C6H6N4OS. The van der Waals surface area contributed by atoms with E-state index in [1.807, 2.05) is 5.38 Å². The standard InChI is InChI=1S/C6H6N4OS/c11-4-5-3-10(9-8-5)6-7-1-2-12-6/h1-3,11H,4H2. The smallest absolute Gasteiger partial charge is 0.211 e. The van der Waals surface area contributed by atoms with Crippen LogP contribution in [0.3, 0.4) is 0 Å². The van der Waals surface area contributed by atoms with Gasteiger partial charge in [-0.2, -0.15) is 4.68 Å². The highest BCUT2D eigenvalue weighted by Gasteiger charge is 2.02. The first-order valence-electron chi connectivity index (χ1n) is 3.32. The SMILES string of the molecule is OCc1cn(-c2nccs2)nn1. The average molecular weight is 182 g/mol. The lowest BCUT2D eigenvalue weighted by molar-refractivity contribution is 0.276. The summed E-state index contributed by atoms with van der Waals surface area (Å²) in [5.74, 6) is 0. The van der Waals surface area contributed by atoms with Gasteiger partial charge >= 0.3 is 0 Å². The van der Waals surface area contributed by atoms with Crippen LogP contribution in [0.25, 0.3) is 5.13 Å². The Morgan fingerprint density at radius 3 is 3.08 bits per heavy atom. The summed E-state index contributed by atoms with van der Waals surface area (Å²) in [4.78, 5) is 4.03. The fourth-order valence-electron chi connectivity index (χ4n) is 0.793. The van der Waals surface area contributed by atoms with E-state index in [1.165, 1.54) is 16.0 Å². The fourth-order valence-corrected chi connectivity index (χ4v) is 1.36. The second kappa shape index (κ2) is 3.00. The predicted octanol–water partition coefficient (Wildman–Crippen LogP) is 0.216. The van der Waals surface area contributed by atoms with Crippen molar-refractivity contribution < 1.29 is 5.11 Å². The summed E-state index contributed by atoms with van der Waals surface area (Å²) < 4.78 is 1.54. The van der Waals surface area contributed by atoms with Crippen LogP contribution in [0.1, 0.15) is 5.69 Å². The quantitative estimate of drug-likeness (QED) is 0.721. The maximum Gasteiger partial charge on any atom is 0.211 e. The van der Waals surface area contributed by atoms with Gasteiger partial charge in [0, 0.05) is 11.6 Å². The Kier molecular flexibility index (Phi) is 1.84. The van der Waals surface area contributed by atoms with Crippen LogP contribution in [0.4, 0.5) is 0 Å². The van der Waals surface area contributed by atoms with Crippen molar-refractivity contribution in [2.45, 2.75) is 6.61 Å². The van der Waals surface area contributed by atoms with Crippen molar-refractivity contribution in [1.82, 2.24) is 20.0 Å². The van der Waals surface area contributed by atoms with Gasteiger partial charge < -0.3 is 5.11 Å². The van der Waals surface area contributed by atoms with E-state index in [1.54, 1.807) is 12.4 Å². The van der Waals surface area contributed by atoms with Crippen LogP contribution in [-0.4, -0.2) is 25.1 Å². The maximum atomic E-state index is 8.72. The summed E-state index contributed by atoms with van der Waals surface area (Å²) in [6.07, 6.45) is 3.35. The molecule has 2 rings (SSSR count). The number of aromatic nitrogens is 4. The van der Waals surface area contributed by atoms with E-state index in [0.29, 0.717) is 5.69 Å². The third kappa shape index (κ3) is 1.21. The molecule has 0 amide bonds. The molecule has 0 aliphatic heterocycles. The van der Waals surface area contributed by atoms with Crippen molar-refractivity contribution in [2.24, 2.45) is 0 Å². The molecule has 2 heterocycles. The molecule has 0 spiro atoms. The monoisotopic (exact) mass is 182 g/mol. The molecule has 0 aromatic carbocycles. The third-order valence-electron chi connectivity index (χ3n) is 1.32. The molecule has 0 bridgehead atoms. The Hall–Kier alpha value is -1.27. The summed E-state index contributed by atoms with van der Waals surface area (Å²) in [6, 6.07) is 0. The van der Waals surface area contributed by atoms with Gasteiger partial charge in [-0.1, -0.05) is 5.21 Å². The van der Waals surface area contributed by atoms with E-state index in [4.69, 9.17) is 5.11 Å². The van der Waals surface area contributed by atoms with Gasteiger partial charge in [0.05, 0.1) is 12.8 Å². The lowest BCUT2D eigenvalue weighted by atomic mass is 10.5. The van der Waals surface area contributed by atoms with E-state index in [-0.39, 0.29) is 6.61 Å². The number of rotatable bonds is 2. The largest absolute Gasteiger partial charge is 0.390 e. The highest BCUT2D eigenvalue weighted by atomic mass is 32.1. The zero-order valence-corrected chi connectivity index (χ0v) is 6.90. The number of aliphatic hydroxyl groups is 1. The van der Waals surface area contributed by atoms with Crippen molar-refractivity contribution in [1.29, 1.82) is 0 Å². The van der Waals surface area contributed by atoms with Gasteiger partial charge in [0.2, 0.25) is 5.13 Å². The van der Waals surface area contributed by atoms with Crippen LogP contribution in [0.15, 0.2) is 17.8 Å². The zero-order chi connectivity index (χ0) is 8.39. The Labute approximate surface area is 72.3 Å². The topological polar surface area (TPSA) is 63.8 Å². The van der Waals surface area contributed by atoms with E-state index >= 15 is 0 Å². The van der Waals surface area contributed by atoms with Gasteiger partial charge in [0.1, 0.15) is 5.69 Å². The summed E-state index contributed by atoms with van der Waals surface area (Å²) >= 11 is 1.47. The van der Waals surface area contributed by atoms with Gasteiger partial charge in [0.15, 0.2) is 0 Å². The molecule has 1 N–H and O–H groups in total. The van der Waals surface area contributed by atoms with Gasteiger partial charge in [-0.25, -0.2) is 4.98 Å². The Bertz CT molecular complexity index is 355. The first kappa shape index (κ1) is 7.38. The first-order chi connectivity index (χ1) is 5.90. The van der Waals surface area contributed by atoms with Crippen molar-refractivity contribution in [3.05, 3.63) is 23.5 Å². The Morgan fingerprint density at radius 2 is 2.50 bits per heavy atom. The highest BCUT2D eigenvalue weighted by molar-refractivity contribution is 7.12. The molecule has 2 aromatic heterocycles. The molecule has 6 heteroatoms. The molecule has 0 fully saturated rings. The second-order valence-corrected chi connectivity index (χ2v) is 3.00. The zero-order valence-electron chi connectivity index (χ0n) is 6.08. The van der Waals surface area contributed by atoms with Crippen LogP contribution >= 0.6 is 11.3 Å². The molecule has 62 valence electrons. The predicted molar refractivity (Wildman–Crippen MR) is 43.0 cm³/mol. The number of aliphatic hydroxyl groups excluding tert-OH is 1. The molecule has 0 aliphatic rings. The lowest BCUT2D eigenvalue weighted by Gasteiger charge is -1.88. The average Bonchev–Trinajstić information content (AvgIpc) is 2.75. The highest BCUT2D eigenvalue weighted by Crippen LogP contribution is 2.09. The summed E-state index contributed by atoms with van der Waals surface area (Å²) in [5, 5.41) is 18.8. The molecular weight excluding hydrogens is 176 g/mol. The number of hydrogen-bond donors (Lipinski definition) is 1. The van der Waals surface area contributed by atoms with Crippen molar-refractivity contribution >= 4 is 11.3 Å². The van der Waals surface area contributed by atoms with Crippen LogP contribution in [-0.2, 0) is 6.61 Å². The molecule has 2 aromatic rings. The molecule has 0 radical (unpaired) electrons. The minimum atomic E-state index is -0.0919. The summed E-state index contributed by atoms with van der Waals surface area (Å²) in [5.41, 5.74) is 0.546. The van der Waals surface area contributed by atoms with E-state index < -0.39 is 0 Å². The van der Waals surface area contributed by atoms with Crippen LogP contribution in [0.5, 0.6) is 0 Å². The van der Waals surface area contributed by atoms with Crippen LogP contribution in [0, 0.1) is 0 Å². The molecule has 5 nitrogen and oxygen atoms in total. The van der Waals surface area contributed by atoms with Gasteiger partial charge in [-0.3, -0.25) is 0 Å². The molecule has 0 unspecified atom stereocenters. The van der Waals surface area contributed by atoms with Crippen LogP contribution < -0.4 is 0 Å². The second-order valence-electron chi connectivity index (χ2n) is 2.13.